The number of hydrogen-bond donors (Lipinski definition) is 14. The van der Waals surface area contributed by atoms with Gasteiger partial charge >= 0.3 is 5.97 Å². The number of carbonyl (C=O) groups is 3. The molecule has 0 aliphatic carbocycles. The fraction of sp³-hybridized carbons (Fsp3) is 0.935. The summed E-state index contributed by atoms with van der Waals surface area (Å²) in [5, 5.41) is 137. The lowest BCUT2D eigenvalue weighted by molar-refractivity contribution is -0.386. The summed E-state index contributed by atoms with van der Waals surface area (Å²) in [6.07, 6.45) is 30.6. The summed E-state index contributed by atoms with van der Waals surface area (Å²) >= 11 is 0. The van der Waals surface area contributed by atoms with E-state index in [0.717, 1.165) is 84.0 Å². The van der Waals surface area contributed by atoms with Crippen LogP contribution in [0.2, 0.25) is 0 Å². The smallest absolute Gasteiger partial charge is 0.364 e. The molecule has 2 amide bonds. The molecule has 3 rings (SSSR count). The maximum Gasteiger partial charge on any atom is 0.364 e. The number of rotatable bonds is 63. The van der Waals surface area contributed by atoms with Crippen molar-refractivity contribution in [3.8, 4) is 0 Å². The van der Waals surface area contributed by atoms with E-state index in [1.54, 1.807) is 0 Å². The van der Waals surface area contributed by atoms with Gasteiger partial charge in [0.25, 0.3) is 5.79 Å². The highest BCUT2D eigenvalue weighted by Crippen LogP contribution is 2.39. The standard InChI is InChI=1S/C77H144N2O21/c1-4-6-8-10-12-14-16-18-20-22-24-26-27-28-29-31-32-34-36-38-40-42-44-46-48-50-59(84)58(79-64(87)51-49-47-45-43-41-39-37-35-33-30-25-23-21-19-17-15-13-11-9-7-5-2)56-95-74-69(91)68(90)71(63(55-82)97-74)98-75-70(92)73(67(89)62(54-81)96-75)100-77(76(93)94)52-60(85)65(78-57(3)83)72(99-77)66(88)61(86)53-80/h30,33,58-63,65-75,80-82,84-86,88-92H,4-29,31-32,34-56H2,1-3H3,(H,78,83)(H,79,87)(H,93,94)/b33-30-. The summed E-state index contributed by atoms with van der Waals surface area (Å²) in [4.78, 5) is 38.7. The Morgan fingerprint density at radius 1 is 0.510 bits per heavy atom. The number of unbranched alkanes of at least 4 members (excludes halogenated alkanes) is 41. The summed E-state index contributed by atoms with van der Waals surface area (Å²) in [6.45, 7) is 2.25. The molecule has 18 atom stereocenters. The molecule has 100 heavy (non-hydrogen) atoms. The highest BCUT2D eigenvalue weighted by Gasteiger charge is 2.60. The quantitative estimate of drug-likeness (QED) is 0.0199. The van der Waals surface area contributed by atoms with Crippen LogP contribution in [0.25, 0.3) is 0 Å². The Bertz CT molecular complexity index is 2050. The Hall–Kier alpha value is -2.53. The van der Waals surface area contributed by atoms with Gasteiger partial charge in [-0.15, -0.1) is 0 Å². The number of aliphatic carboxylic acids is 1. The van der Waals surface area contributed by atoms with Crippen LogP contribution in [-0.4, -0.2) is 215 Å². The topological polar surface area (TPSA) is 373 Å². The monoisotopic (exact) mass is 1430 g/mol. The molecule has 23 nitrogen and oxygen atoms in total. The van der Waals surface area contributed by atoms with E-state index in [1.807, 2.05) is 0 Å². The third-order valence-corrected chi connectivity index (χ3v) is 20.5. The van der Waals surface area contributed by atoms with Crippen molar-refractivity contribution >= 4 is 17.8 Å². The Morgan fingerprint density at radius 2 is 0.930 bits per heavy atom. The van der Waals surface area contributed by atoms with Crippen LogP contribution in [0.3, 0.4) is 0 Å². The lowest BCUT2D eigenvalue weighted by Gasteiger charge is -2.50. The van der Waals surface area contributed by atoms with Gasteiger partial charge in [0.05, 0.1) is 50.7 Å². The molecule has 0 spiro atoms. The Morgan fingerprint density at radius 3 is 1.35 bits per heavy atom. The SMILES string of the molecule is CCCCCCCCCCCC/C=C\CCCCCCCCCC(=O)NC(COC1OC(CO)C(OC2OC(CO)C(O)C(OC3(C(=O)O)CC(O)C(NC(C)=O)C(C(O)C(O)CO)O3)C2O)C(O)C1O)C(O)CCCCCCCCCCCCCCCCCCCCCCCCCCC. The number of carbonyl (C=O) groups excluding carboxylic acids is 2. The minimum Gasteiger partial charge on any atom is -0.477 e. The van der Waals surface area contributed by atoms with Crippen molar-refractivity contribution in [1.82, 2.24) is 10.6 Å². The van der Waals surface area contributed by atoms with Crippen LogP contribution in [0.1, 0.15) is 323 Å². The van der Waals surface area contributed by atoms with Gasteiger partial charge in [-0.3, -0.25) is 9.59 Å². The molecule has 3 aliphatic heterocycles. The summed E-state index contributed by atoms with van der Waals surface area (Å²) in [6, 6.07) is -2.53. The fourth-order valence-electron chi connectivity index (χ4n) is 14.1. The largest absolute Gasteiger partial charge is 0.477 e. The minimum atomic E-state index is -3.08. The number of ether oxygens (including phenoxy) is 6. The maximum absolute atomic E-state index is 13.5. The molecule has 3 aliphatic rings. The third-order valence-electron chi connectivity index (χ3n) is 20.5. The Labute approximate surface area is 601 Å². The van der Waals surface area contributed by atoms with Gasteiger partial charge < -0.3 is 100 Å². The molecule has 0 bridgehead atoms. The Balaban J connectivity index is 1.52. The van der Waals surface area contributed by atoms with Crippen molar-refractivity contribution in [2.45, 2.75) is 432 Å². The molecule has 0 aromatic carbocycles. The van der Waals surface area contributed by atoms with Crippen molar-refractivity contribution in [3.05, 3.63) is 12.2 Å². The van der Waals surface area contributed by atoms with E-state index in [4.69, 9.17) is 28.4 Å². The molecule has 0 aromatic heterocycles. The molecule has 18 unspecified atom stereocenters. The first-order chi connectivity index (χ1) is 48.4. The molecule has 0 aromatic rings. The lowest BCUT2D eigenvalue weighted by atomic mass is 9.88. The number of carboxylic acid groups (broad SMARTS) is 1. The molecule has 3 saturated heterocycles. The van der Waals surface area contributed by atoms with Gasteiger partial charge in [0.1, 0.15) is 67.1 Å². The van der Waals surface area contributed by atoms with Gasteiger partial charge in [0, 0.05) is 19.8 Å². The van der Waals surface area contributed by atoms with E-state index in [-0.39, 0.29) is 18.9 Å². The fourth-order valence-corrected chi connectivity index (χ4v) is 14.1. The number of carboxylic acids is 1. The van der Waals surface area contributed by atoms with Crippen LogP contribution in [0, 0.1) is 0 Å². The highest BCUT2D eigenvalue weighted by molar-refractivity contribution is 5.77. The predicted molar refractivity (Wildman–Crippen MR) is 385 cm³/mol. The molecule has 0 saturated carbocycles. The number of aliphatic hydroxyl groups excluding tert-OH is 11. The zero-order valence-corrected chi connectivity index (χ0v) is 62.1. The van der Waals surface area contributed by atoms with Gasteiger partial charge in [0.2, 0.25) is 11.8 Å². The first kappa shape index (κ1) is 91.7. The summed E-state index contributed by atoms with van der Waals surface area (Å²) in [5.41, 5.74) is 0. The molecule has 0 radical (unpaired) electrons. The average molecular weight is 1430 g/mol. The number of aliphatic hydroxyl groups is 11. The van der Waals surface area contributed by atoms with Crippen molar-refractivity contribution in [1.29, 1.82) is 0 Å². The van der Waals surface area contributed by atoms with E-state index in [1.165, 1.54) is 193 Å². The van der Waals surface area contributed by atoms with E-state index >= 15 is 0 Å². The van der Waals surface area contributed by atoms with Crippen LogP contribution in [0.4, 0.5) is 0 Å². The molecule has 14 N–H and O–H groups in total. The second-order valence-corrected chi connectivity index (χ2v) is 29.3. The van der Waals surface area contributed by atoms with Crippen molar-refractivity contribution < 1.29 is 104 Å². The summed E-state index contributed by atoms with van der Waals surface area (Å²) < 4.78 is 35.0. The second-order valence-electron chi connectivity index (χ2n) is 29.3. The Kier molecular flexibility index (Phi) is 52.0. The number of hydrogen-bond acceptors (Lipinski definition) is 20. The minimum absolute atomic E-state index is 0.221. The highest BCUT2D eigenvalue weighted by atomic mass is 16.8. The maximum atomic E-state index is 13.5. The molecule has 588 valence electrons. The van der Waals surface area contributed by atoms with Crippen LogP contribution in [-0.2, 0) is 42.8 Å². The van der Waals surface area contributed by atoms with E-state index in [9.17, 15) is 75.7 Å². The average Bonchev–Trinajstić information content (AvgIpc) is 0.756. The molecule has 3 heterocycles. The molecule has 23 heteroatoms. The first-order valence-electron chi connectivity index (χ1n) is 40.0. The molecular formula is C77H144N2O21. The van der Waals surface area contributed by atoms with E-state index in [0.29, 0.717) is 19.3 Å². The molecule has 3 fully saturated rings. The predicted octanol–water partition coefficient (Wildman–Crippen LogP) is 10.2. The van der Waals surface area contributed by atoms with Crippen LogP contribution >= 0.6 is 0 Å². The van der Waals surface area contributed by atoms with Crippen LogP contribution < -0.4 is 10.6 Å². The number of amides is 2. The van der Waals surface area contributed by atoms with Crippen molar-refractivity contribution in [3.63, 3.8) is 0 Å². The van der Waals surface area contributed by atoms with Crippen LogP contribution in [0.5, 0.6) is 0 Å². The zero-order valence-electron chi connectivity index (χ0n) is 62.1. The summed E-state index contributed by atoms with van der Waals surface area (Å²) in [5.74, 6) is -6.10. The zero-order chi connectivity index (χ0) is 73.2. The van der Waals surface area contributed by atoms with Crippen LogP contribution in [0.15, 0.2) is 12.2 Å². The number of allylic oxidation sites excluding steroid dienone is 2. The van der Waals surface area contributed by atoms with Gasteiger partial charge in [-0.2, -0.15) is 0 Å². The van der Waals surface area contributed by atoms with Gasteiger partial charge in [0.15, 0.2) is 12.6 Å². The third kappa shape index (κ3) is 37.1. The normalized spacial score (nSPS) is 27.0. The van der Waals surface area contributed by atoms with Gasteiger partial charge in [-0.25, -0.2) is 4.79 Å². The number of nitrogens with one attached hydrogen (secondary N) is 2. The van der Waals surface area contributed by atoms with E-state index in [2.05, 4.69) is 36.6 Å². The molecular weight excluding hydrogens is 1290 g/mol. The lowest BCUT2D eigenvalue weighted by Crippen LogP contribution is -2.70. The second kappa shape index (κ2) is 56.8. The summed E-state index contributed by atoms with van der Waals surface area (Å²) in [7, 11) is 0. The van der Waals surface area contributed by atoms with Crippen molar-refractivity contribution in [2.75, 3.05) is 26.4 Å². The van der Waals surface area contributed by atoms with Gasteiger partial charge in [-0.05, 0) is 38.5 Å². The van der Waals surface area contributed by atoms with Gasteiger partial charge in [-0.1, -0.05) is 276 Å². The first-order valence-corrected chi connectivity index (χ1v) is 40.0. The van der Waals surface area contributed by atoms with Crippen molar-refractivity contribution in [2.24, 2.45) is 0 Å². The van der Waals surface area contributed by atoms with E-state index < -0.39 is 148 Å².